The quantitative estimate of drug-likeness (QED) is 0.434. The van der Waals surface area contributed by atoms with Crippen molar-refractivity contribution in [3.63, 3.8) is 0 Å². The van der Waals surface area contributed by atoms with E-state index in [2.05, 4.69) is 40.8 Å². The average molecular weight is 329 g/mol. The van der Waals surface area contributed by atoms with Gasteiger partial charge >= 0.3 is 0 Å². The number of hydrogen-bond acceptors (Lipinski definition) is 4. The second-order valence-electron chi connectivity index (χ2n) is 8.05. The minimum atomic E-state index is -1.84. The third-order valence-electron chi connectivity index (χ3n) is 4.55. The summed E-state index contributed by atoms with van der Waals surface area (Å²) in [6.45, 7) is 17.1. The number of carbonyl (C=O) groups is 1. The summed E-state index contributed by atoms with van der Waals surface area (Å²) in [5, 5.41) is 0.165. The second kappa shape index (κ2) is 6.95. The zero-order valence-corrected chi connectivity index (χ0v) is 16.3. The van der Waals surface area contributed by atoms with E-state index in [9.17, 15) is 4.79 Å². The van der Waals surface area contributed by atoms with Gasteiger partial charge in [-0.2, -0.15) is 0 Å². The van der Waals surface area contributed by atoms with Crippen LogP contribution in [0.1, 0.15) is 48.0 Å². The Morgan fingerprint density at radius 3 is 2.36 bits per heavy atom. The third kappa shape index (κ3) is 5.30. The van der Waals surface area contributed by atoms with Crippen LogP contribution in [-0.4, -0.2) is 38.7 Å². The molecule has 0 unspecified atom stereocenters. The van der Waals surface area contributed by atoms with Gasteiger partial charge in [0.1, 0.15) is 6.29 Å². The lowest BCUT2D eigenvalue weighted by atomic mass is 10.0. The number of carbonyl (C=O) groups excluding carboxylic acids is 1. The lowest BCUT2D eigenvalue weighted by Gasteiger charge is -2.45. The normalized spacial score (nSPS) is 27.8. The van der Waals surface area contributed by atoms with E-state index in [4.69, 9.17) is 13.9 Å². The van der Waals surface area contributed by atoms with E-state index in [1.165, 1.54) is 6.08 Å². The Labute approximate surface area is 136 Å². The molecular weight excluding hydrogens is 296 g/mol. The molecule has 4 nitrogen and oxygen atoms in total. The van der Waals surface area contributed by atoms with Crippen molar-refractivity contribution in [2.75, 3.05) is 0 Å². The SMILES string of the molecule is C[C@H](O[Si](C)(C)C(C)(C)C)[C@H]1C[C@@H](/C=C\C=O)OC(C)(C)O1. The van der Waals surface area contributed by atoms with Crippen LogP contribution in [0, 0.1) is 0 Å². The van der Waals surface area contributed by atoms with E-state index < -0.39 is 14.1 Å². The molecule has 0 radical (unpaired) electrons. The Morgan fingerprint density at radius 2 is 1.86 bits per heavy atom. The van der Waals surface area contributed by atoms with E-state index >= 15 is 0 Å². The van der Waals surface area contributed by atoms with Crippen LogP contribution in [0.5, 0.6) is 0 Å². The molecule has 0 aromatic carbocycles. The van der Waals surface area contributed by atoms with Gasteiger partial charge in [0.25, 0.3) is 0 Å². The van der Waals surface area contributed by atoms with Gasteiger partial charge in [0.05, 0.1) is 18.3 Å². The highest BCUT2D eigenvalue weighted by Gasteiger charge is 2.43. The van der Waals surface area contributed by atoms with Gasteiger partial charge in [-0.3, -0.25) is 4.79 Å². The monoisotopic (exact) mass is 328 g/mol. The summed E-state index contributed by atoms with van der Waals surface area (Å²) in [5.74, 6) is -0.675. The standard InChI is InChI=1S/C17H32O4Si/c1-13(21-22(7,8)16(2,3)4)15-12-14(10-9-11-18)19-17(5,6)20-15/h9-11,13-15H,12H2,1-8H3/b10-9-/t13-,14+,15+/m0/s1. The molecule has 0 amide bonds. The molecule has 1 fully saturated rings. The Morgan fingerprint density at radius 1 is 1.27 bits per heavy atom. The van der Waals surface area contributed by atoms with E-state index in [1.807, 2.05) is 13.8 Å². The Bertz CT molecular complexity index is 409. The molecule has 1 heterocycles. The molecule has 1 aliphatic heterocycles. The van der Waals surface area contributed by atoms with Crippen molar-refractivity contribution in [1.29, 1.82) is 0 Å². The molecule has 128 valence electrons. The van der Waals surface area contributed by atoms with Crippen LogP contribution >= 0.6 is 0 Å². The number of ether oxygens (including phenoxy) is 2. The maximum atomic E-state index is 10.5. The molecule has 0 saturated carbocycles. The fourth-order valence-electron chi connectivity index (χ4n) is 2.37. The van der Waals surface area contributed by atoms with Gasteiger partial charge in [-0.25, -0.2) is 0 Å². The third-order valence-corrected chi connectivity index (χ3v) is 9.12. The zero-order valence-electron chi connectivity index (χ0n) is 15.3. The largest absolute Gasteiger partial charge is 0.412 e. The maximum Gasteiger partial charge on any atom is 0.192 e. The molecule has 0 N–H and O–H groups in total. The summed E-state index contributed by atoms with van der Waals surface area (Å²) in [6.07, 6.45) is 4.59. The van der Waals surface area contributed by atoms with Crippen LogP contribution in [0.2, 0.25) is 18.1 Å². The topological polar surface area (TPSA) is 44.8 Å². The van der Waals surface area contributed by atoms with Crippen LogP contribution in [0.15, 0.2) is 12.2 Å². The molecule has 22 heavy (non-hydrogen) atoms. The van der Waals surface area contributed by atoms with Crippen molar-refractivity contribution < 1.29 is 18.7 Å². The maximum absolute atomic E-state index is 10.5. The Balaban J connectivity index is 2.81. The molecule has 0 aromatic heterocycles. The molecule has 0 aliphatic carbocycles. The highest BCUT2D eigenvalue weighted by atomic mass is 28.4. The van der Waals surface area contributed by atoms with E-state index in [-0.39, 0.29) is 23.4 Å². The molecule has 1 saturated heterocycles. The first-order valence-electron chi connectivity index (χ1n) is 8.03. The predicted octanol–water partition coefficient (Wildman–Crippen LogP) is 4.06. The van der Waals surface area contributed by atoms with Gasteiger partial charge in [-0.05, 0) is 45.0 Å². The highest BCUT2D eigenvalue weighted by molar-refractivity contribution is 6.74. The predicted molar refractivity (Wildman–Crippen MR) is 91.4 cm³/mol. The van der Waals surface area contributed by atoms with Gasteiger partial charge < -0.3 is 13.9 Å². The van der Waals surface area contributed by atoms with Crippen LogP contribution in [0.4, 0.5) is 0 Å². The zero-order chi connectivity index (χ0) is 17.2. The summed E-state index contributed by atoms with van der Waals surface area (Å²) < 4.78 is 18.4. The fraction of sp³-hybridized carbons (Fsp3) is 0.824. The summed E-state index contributed by atoms with van der Waals surface area (Å²) in [7, 11) is -1.84. The Hall–Kier alpha value is -0.493. The summed E-state index contributed by atoms with van der Waals surface area (Å²) in [5.41, 5.74) is 0. The van der Waals surface area contributed by atoms with Crippen molar-refractivity contribution in [3.05, 3.63) is 12.2 Å². The first kappa shape index (κ1) is 19.6. The molecule has 3 atom stereocenters. The van der Waals surface area contributed by atoms with Crippen molar-refractivity contribution in [1.82, 2.24) is 0 Å². The van der Waals surface area contributed by atoms with Crippen LogP contribution in [0.3, 0.4) is 0 Å². The minimum Gasteiger partial charge on any atom is -0.412 e. The van der Waals surface area contributed by atoms with Gasteiger partial charge in [0.2, 0.25) is 0 Å². The number of rotatable bonds is 5. The molecule has 1 rings (SSSR count). The van der Waals surface area contributed by atoms with Crippen LogP contribution < -0.4 is 0 Å². The highest BCUT2D eigenvalue weighted by Crippen LogP contribution is 2.39. The van der Waals surface area contributed by atoms with Crippen molar-refractivity contribution in [3.8, 4) is 0 Å². The summed E-state index contributed by atoms with van der Waals surface area (Å²) in [4.78, 5) is 10.5. The number of allylic oxidation sites excluding steroid dienone is 1. The van der Waals surface area contributed by atoms with Gasteiger partial charge in [-0.1, -0.05) is 26.8 Å². The molecule has 0 bridgehead atoms. The second-order valence-corrected chi connectivity index (χ2v) is 12.8. The molecule has 5 heteroatoms. The Kier molecular flexibility index (Phi) is 6.18. The van der Waals surface area contributed by atoms with E-state index in [0.717, 1.165) is 6.29 Å². The molecule has 0 spiro atoms. The smallest absolute Gasteiger partial charge is 0.192 e. The van der Waals surface area contributed by atoms with Gasteiger partial charge in [0, 0.05) is 6.42 Å². The minimum absolute atomic E-state index is 0.00352. The molecular formula is C17H32O4Si. The molecule has 0 aromatic rings. The summed E-state index contributed by atoms with van der Waals surface area (Å²) in [6, 6.07) is 0. The fourth-order valence-corrected chi connectivity index (χ4v) is 3.81. The average Bonchev–Trinajstić information content (AvgIpc) is 2.32. The van der Waals surface area contributed by atoms with Crippen molar-refractivity contribution in [2.24, 2.45) is 0 Å². The first-order chi connectivity index (χ1) is 9.88. The molecule has 1 aliphatic rings. The number of aldehydes is 1. The summed E-state index contributed by atoms with van der Waals surface area (Å²) >= 11 is 0. The van der Waals surface area contributed by atoms with E-state index in [0.29, 0.717) is 6.42 Å². The lowest BCUT2D eigenvalue weighted by molar-refractivity contribution is -0.301. The van der Waals surface area contributed by atoms with Crippen LogP contribution in [-0.2, 0) is 18.7 Å². The van der Waals surface area contributed by atoms with Crippen molar-refractivity contribution in [2.45, 2.75) is 90.2 Å². The first-order valence-corrected chi connectivity index (χ1v) is 10.9. The van der Waals surface area contributed by atoms with Gasteiger partial charge in [-0.15, -0.1) is 0 Å². The van der Waals surface area contributed by atoms with Crippen LogP contribution in [0.25, 0.3) is 0 Å². The van der Waals surface area contributed by atoms with E-state index in [1.54, 1.807) is 6.08 Å². The van der Waals surface area contributed by atoms with Gasteiger partial charge in [0.15, 0.2) is 14.1 Å². The van der Waals surface area contributed by atoms with Crippen molar-refractivity contribution >= 4 is 14.6 Å². The number of hydrogen-bond donors (Lipinski definition) is 0. The lowest BCUT2D eigenvalue weighted by Crippen LogP contribution is -2.52.